The molecule has 1 aliphatic rings. The molecule has 2 heterocycles. The van der Waals surface area contributed by atoms with Crippen LogP contribution in [0.5, 0.6) is 5.75 Å². The first-order valence-corrected chi connectivity index (χ1v) is 15.8. The Bertz CT molecular complexity index is 1730. The molecular weight excluding hydrogens is 636 g/mol. The Morgan fingerprint density at radius 1 is 0.939 bits per heavy atom. The number of aryl methyl sites for hydroxylation is 1. The van der Waals surface area contributed by atoms with Crippen molar-refractivity contribution < 1.29 is 38.1 Å². The molecule has 5 rings (SSSR count). The monoisotopic (exact) mass is 677 g/mol. The van der Waals surface area contributed by atoms with Gasteiger partial charge in [0.1, 0.15) is 11.6 Å². The Morgan fingerprint density at radius 3 is 2.16 bits per heavy atom. The first-order valence-electron chi connectivity index (χ1n) is 15.8. The number of aromatic carboxylic acids is 1. The first-order chi connectivity index (χ1) is 23.2. The number of carboxylic acids is 1. The minimum Gasteiger partial charge on any atom is -0.478 e. The van der Waals surface area contributed by atoms with Gasteiger partial charge in [-0.1, -0.05) is 50.6 Å². The number of carboxylic acid groups (broad SMARTS) is 2. The van der Waals surface area contributed by atoms with Crippen LogP contribution in [-0.4, -0.2) is 62.7 Å². The highest BCUT2D eigenvalue weighted by Gasteiger charge is 2.23. The predicted octanol–water partition coefficient (Wildman–Crippen LogP) is 8.04. The molecule has 0 aliphatic carbocycles. The maximum atomic E-state index is 13.0. The van der Waals surface area contributed by atoms with Gasteiger partial charge in [-0.25, -0.2) is 19.1 Å². The van der Waals surface area contributed by atoms with Gasteiger partial charge in [-0.3, -0.25) is 5.32 Å². The van der Waals surface area contributed by atoms with E-state index in [2.05, 4.69) is 42.2 Å². The number of aromatic nitrogens is 2. The number of carbonyl (C=O) groups is 3. The van der Waals surface area contributed by atoms with Crippen molar-refractivity contribution in [3.8, 4) is 11.4 Å². The lowest BCUT2D eigenvalue weighted by molar-refractivity contribution is -0.0498. The average molecular weight is 678 g/mol. The number of amides is 3. The van der Waals surface area contributed by atoms with Crippen molar-refractivity contribution >= 4 is 29.6 Å². The number of rotatable bonds is 8. The number of piperidine rings is 1. The van der Waals surface area contributed by atoms with E-state index in [1.54, 1.807) is 4.68 Å². The molecular formula is C36H41F2N5O6. The number of likely N-dealkylation sites (tertiary alicyclic amines) is 1. The van der Waals surface area contributed by atoms with Gasteiger partial charge in [0, 0.05) is 30.3 Å². The predicted molar refractivity (Wildman–Crippen MR) is 182 cm³/mol. The first kappa shape index (κ1) is 36.4. The van der Waals surface area contributed by atoms with E-state index in [1.807, 2.05) is 55.5 Å². The number of ether oxygens (including phenoxy) is 1. The largest absolute Gasteiger partial charge is 0.478 e. The second-order valence-electron chi connectivity index (χ2n) is 12.8. The summed E-state index contributed by atoms with van der Waals surface area (Å²) in [5.74, 6) is -0.129. The van der Waals surface area contributed by atoms with Gasteiger partial charge in [0.2, 0.25) is 0 Å². The van der Waals surface area contributed by atoms with E-state index in [9.17, 15) is 23.2 Å². The fourth-order valence-electron chi connectivity index (χ4n) is 5.21. The highest BCUT2D eigenvalue weighted by atomic mass is 19.3. The molecule has 0 radical (unpaired) electrons. The van der Waals surface area contributed by atoms with Crippen LogP contribution >= 0.6 is 0 Å². The number of carbonyl (C=O) groups excluding carboxylic acids is 1. The summed E-state index contributed by atoms with van der Waals surface area (Å²) in [6, 6.07) is 22.2. The zero-order valence-corrected chi connectivity index (χ0v) is 27.8. The van der Waals surface area contributed by atoms with Gasteiger partial charge in [0.15, 0.2) is 0 Å². The number of hydrogen-bond acceptors (Lipinski definition) is 5. The summed E-state index contributed by atoms with van der Waals surface area (Å²) in [7, 11) is 0. The second kappa shape index (κ2) is 16.1. The number of anilines is 2. The van der Waals surface area contributed by atoms with Crippen molar-refractivity contribution in [1.82, 2.24) is 14.7 Å². The smallest absolute Gasteiger partial charge is 0.407 e. The van der Waals surface area contributed by atoms with E-state index in [-0.39, 0.29) is 22.8 Å². The second-order valence-corrected chi connectivity index (χ2v) is 12.8. The maximum Gasteiger partial charge on any atom is 0.407 e. The molecule has 0 unspecified atom stereocenters. The quantitative estimate of drug-likeness (QED) is 0.148. The van der Waals surface area contributed by atoms with E-state index in [4.69, 9.17) is 15.3 Å². The summed E-state index contributed by atoms with van der Waals surface area (Å²) in [5.41, 5.74) is 4.61. The van der Waals surface area contributed by atoms with Crippen LogP contribution < -0.4 is 15.4 Å². The number of benzene rings is 3. The molecule has 1 aliphatic heterocycles. The minimum atomic E-state index is -2.89. The third-order valence-corrected chi connectivity index (χ3v) is 7.92. The van der Waals surface area contributed by atoms with Crippen molar-refractivity contribution in [3.63, 3.8) is 0 Å². The van der Waals surface area contributed by atoms with Crippen LogP contribution in [0.3, 0.4) is 0 Å². The Morgan fingerprint density at radius 2 is 1.59 bits per heavy atom. The Kier molecular flexibility index (Phi) is 11.9. The number of nitrogens with zero attached hydrogens (tertiary/aromatic N) is 3. The van der Waals surface area contributed by atoms with Crippen molar-refractivity contribution in [2.24, 2.45) is 5.92 Å². The SMILES string of the molecule is Cc1ccc(-n2nc(C(C)(C)C)cc2NC(=O)Nc2cccc(CC3CCN(C(=O)O)CC3)c2)cc1.O=C(O)c1ccc(OC(F)F)cc1. The molecule has 0 bridgehead atoms. The summed E-state index contributed by atoms with van der Waals surface area (Å²) < 4.78 is 29.1. The molecule has 11 nitrogen and oxygen atoms in total. The third-order valence-electron chi connectivity index (χ3n) is 7.92. The average Bonchev–Trinajstić information content (AvgIpc) is 3.46. The summed E-state index contributed by atoms with van der Waals surface area (Å²) in [6.45, 7) is 6.57. The summed E-state index contributed by atoms with van der Waals surface area (Å²) in [4.78, 5) is 35.9. The summed E-state index contributed by atoms with van der Waals surface area (Å²) >= 11 is 0. The van der Waals surface area contributed by atoms with Crippen molar-refractivity contribution in [1.29, 1.82) is 0 Å². The lowest BCUT2D eigenvalue weighted by Crippen LogP contribution is -2.37. The molecule has 0 saturated carbocycles. The summed E-state index contributed by atoms with van der Waals surface area (Å²) in [5, 5.41) is 28.3. The van der Waals surface area contributed by atoms with Gasteiger partial charge in [-0.15, -0.1) is 0 Å². The Labute approximate surface area is 283 Å². The van der Waals surface area contributed by atoms with Gasteiger partial charge in [0.25, 0.3) is 0 Å². The molecule has 13 heteroatoms. The van der Waals surface area contributed by atoms with Crippen LogP contribution in [0, 0.1) is 12.8 Å². The van der Waals surface area contributed by atoms with E-state index in [0.29, 0.717) is 30.5 Å². The molecule has 4 aromatic rings. The molecule has 3 amide bonds. The van der Waals surface area contributed by atoms with Crippen molar-refractivity contribution in [2.75, 3.05) is 23.7 Å². The molecule has 0 spiro atoms. The topological polar surface area (TPSA) is 146 Å². The Balaban J connectivity index is 0.000000350. The fourth-order valence-corrected chi connectivity index (χ4v) is 5.21. The minimum absolute atomic E-state index is 0.0293. The lowest BCUT2D eigenvalue weighted by Gasteiger charge is -2.30. The van der Waals surface area contributed by atoms with Crippen LogP contribution in [0.1, 0.15) is 60.8 Å². The van der Waals surface area contributed by atoms with E-state index in [1.165, 1.54) is 29.2 Å². The zero-order valence-electron chi connectivity index (χ0n) is 27.8. The number of nitrogens with one attached hydrogen (secondary N) is 2. The van der Waals surface area contributed by atoms with Crippen LogP contribution in [0.25, 0.3) is 5.69 Å². The number of halogens is 2. The number of alkyl halides is 2. The van der Waals surface area contributed by atoms with Gasteiger partial charge in [0.05, 0.1) is 16.9 Å². The molecule has 1 saturated heterocycles. The fraction of sp³-hybridized carbons (Fsp3) is 0.333. The third kappa shape index (κ3) is 10.8. The van der Waals surface area contributed by atoms with Crippen LogP contribution in [0.15, 0.2) is 78.9 Å². The molecule has 0 atom stereocenters. The highest BCUT2D eigenvalue weighted by molar-refractivity contribution is 5.99. The van der Waals surface area contributed by atoms with Gasteiger partial charge in [-0.05, 0) is 86.2 Å². The van der Waals surface area contributed by atoms with Crippen LogP contribution in [0.2, 0.25) is 0 Å². The standard InChI is InChI=1S/C28H35N5O3.C8H6F2O3/c1-19-8-10-23(11-9-19)33-25(18-24(31-33)28(2,3)4)30-26(34)29-22-7-5-6-21(17-22)16-20-12-14-32(15-13-20)27(35)36;9-8(10)13-6-3-1-5(2-4-6)7(11)12/h5-11,17-18,20H,12-16H2,1-4H3,(H,35,36)(H2,29,30,34);1-4,8H,(H,11,12). The van der Waals surface area contributed by atoms with Crippen molar-refractivity contribution in [2.45, 2.75) is 59.0 Å². The van der Waals surface area contributed by atoms with E-state index < -0.39 is 18.7 Å². The van der Waals surface area contributed by atoms with Gasteiger partial charge >= 0.3 is 24.7 Å². The van der Waals surface area contributed by atoms with E-state index in [0.717, 1.165) is 41.8 Å². The van der Waals surface area contributed by atoms with E-state index >= 15 is 0 Å². The highest BCUT2D eigenvalue weighted by Crippen LogP contribution is 2.27. The summed E-state index contributed by atoms with van der Waals surface area (Å²) in [6.07, 6.45) is 1.72. The lowest BCUT2D eigenvalue weighted by atomic mass is 9.90. The molecule has 3 aromatic carbocycles. The maximum absolute atomic E-state index is 13.0. The molecule has 1 aromatic heterocycles. The number of hydrogen-bond donors (Lipinski definition) is 4. The van der Waals surface area contributed by atoms with Gasteiger partial charge < -0.3 is 25.2 Å². The molecule has 260 valence electrons. The van der Waals surface area contributed by atoms with Gasteiger partial charge in [-0.2, -0.15) is 13.9 Å². The normalized spacial score (nSPS) is 13.3. The molecule has 4 N–H and O–H groups in total. The Hall–Kier alpha value is -5.46. The van der Waals surface area contributed by atoms with Crippen molar-refractivity contribution in [3.05, 3.63) is 101 Å². The zero-order chi connectivity index (χ0) is 35.7. The molecule has 49 heavy (non-hydrogen) atoms. The molecule has 1 fully saturated rings. The number of urea groups is 1. The van der Waals surface area contributed by atoms with Crippen LogP contribution in [-0.2, 0) is 11.8 Å². The van der Waals surface area contributed by atoms with Crippen LogP contribution in [0.4, 0.5) is 29.9 Å².